The molecule has 164 valence electrons. The molecule has 2 aromatic carbocycles. The molecule has 0 spiro atoms. The number of fused-ring (bicyclic) bond motifs is 1. The number of benzene rings is 2. The maximum atomic E-state index is 13.4. The molecule has 2 aliphatic heterocycles. The number of rotatable bonds is 4. The summed E-state index contributed by atoms with van der Waals surface area (Å²) in [5.41, 5.74) is 3.87. The number of hydrogen-bond donors (Lipinski definition) is 2. The van der Waals surface area contributed by atoms with E-state index >= 15 is 0 Å². The lowest BCUT2D eigenvalue weighted by molar-refractivity contribution is -0.134. The average Bonchev–Trinajstić information content (AvgIpc) is 3.37. The second-order valence-corrected chi connectivity index (χ2v) is 8.30. The highest BCUT2D eigenvalue weighted by molar-refractivity contribution is 6.27. The van der Waals surface area contributed by atoms with Gasteiger partial charge in [0.1, 0.15) is 17.8 Å². The Bertz CT molecular complexity index is 1470. The van der Waals surface area contributed by atoms with Crippen molar-refractivity contribution in [3.8, 4) is 0 Å². The molecule has 1 saturated heterocycles. The third-order valence-electron chi connectivity index (χ3n) is 6.57. The number of nitrogens with zero attached hydrogens (tertiary/aromatic N) is 2. The summed E-state index contributed by atoms with van der Waals surface area (Å²) in [4.78, 5) is 46.7. The minimum Gasteiger partial charge on any atom is -0.372 e. The highest BCUT2D eigenvalue weighted by Gasteiger charge is 2.41. The van der Waals surface area contributed by atoms with Crippen molar-refractivity contribution in [2.24, 2.45) is 0 Å². The van der Waals surface area contributed by atoms with Gasteiger partial charge in [0.2, 0.25) is 11.8 Å². The Morgan fingerprint density at radius 3 is 2.73 bits per heavy atom. The number of anilines is 1. The van der Waals surface area contributed by atoms with Crippen molar-refractivity contribution in [3.05, 3.63) is 71.5 Å². The van der Waals surface area contributed by atoms with Gasteiger partial charge in [-0.15, -0.1) is 0 Å². The lowest BCUT2D eigenvalue weighted by Crippen LogP contribution is -2.53. The predicted octanol–water partition coefficient (Wildman–Crippen LogP) is 3.22. The van der Waals surface area contributed by atoms with Crippen molar-refractivity contribution < 1.29 is 19.1 Å². The number of piperidine rings is 1. The highest BCUT2D eigenvalue weighted by atomic mass is 16.5. The zero-order valence-corrected chi connectivity index (χ0v) is 17.8. The summed E-state index contributed by atoms with van der Waals surface area (Å²) in [6, 6.07) is 12.6. The first-order chi connectivity index (χ1) is 16.1. The molecule has 6 rings (SSSR count). The molecular formula is C25H20N4O4. The number of amides is 3. The molecule has 8 nitrogen and oxygen atoms in total. The maximum absolute atomic E-state index is 13.4. The third kappa shape index (κ3) is 2.81. The first-order valence-electron chi connectivity index (χ1n) is 10.8. The summed E-state index contributed by atoms with van der Waals surface area (Å²) in [5, 5.41) is 5.01. The van der Waals surface area contributed by atoms with Crippen LogP contribution in [-0.4, -0.2) is 40.8 Å². The summed E-state index contributed by atoms with van der Waals surface area (Å²) in [6.07, 6.45) is 3.76. The standard InChI is InChI=1S/C25H20N4O4/c1-33-22(17-12-27-23-15(17)6-3-11-26-23)14-7-8-18-21-13(14)4-2-5-16(21)25(32)29(18)19-9-10-20(30)28-24(19)31/h2-8,11-12,19,22H,9-10H2,1H3,(H,26,27)(H,28,30,31). The van der Waals surface area contributed by atoms with Crippen LogP contribution in [-0.2, 0) is 14.3 Å². The van der Waals surface area contributed by atoms with Gasteiger partial charge in [-0.1, -0.05) is 18.2 Å². The van der Waals surface area contributed by atoms with E-state index in [1.54, 1.807) is 19.4 Å². The Labute approximate surface area is 188 Å². The molecule has 2 unspecified atom stereocenters. The van der Waals surface area contributed by atoms with Gasteiger partial charge >= 0.3 is 0 Å². The summed E-state index contributed by atoms with van der Waals surface area (Å²) in [7, 11) is 1.66. The fourth-order valence-electron chi connectivity index (χ4n) is 5.11. The lowest BCUT2D eigenvalue weighted by Gasteiger charge is -2.30. The SMILES string of the molecule is COC(c1c[nH]c2ncccc12)c1ccc2c3c(cccc13)C(=O)N2C1CCC(=O)NC1=O. The van der Waals surface area contributed by atoms with E-state index in [9.17, 15) is 14.4 Å². The van der Waals surface area contributed by atoms with E-state index in [1.165, 1.54) is 4.90 Å². The Morgan fingerprint density at radius 2 is 1.91 bits per heavy atom. The van der Waals surface area contributed by atoms with Crippen LogP contribution in [0.2, 0.25) is 0 Å². The van der Waals surface area contributed by atoms with Gasteiger partial charge in [-0.2, -0.15) is 0 Å². The molecule has 2 N–H and O–H groups in total. The van der Waals surface area contributed by atoms with Crippen LogP contribution >= 0.6 is 0 Å². The van der Waals surface area contributed by atoms with Crippen LogP contribution in [0.4, 0.5) is 5.69 Å². The zero-order chi connectivity index (χ0) is 22.7. The number of aromatic nitrogens is 2. The smallest absolute Gasteiger partial charge is 0.259 e. The summed E-state index contributed by atoms with van der Waals surface area (Å²) in [6.45, 7) is 0. The first-order valence-corrected chi connectivity index (χ1v) is 10.8. The molecule has 0 bridgehead atoms. The van der Waals surface area contributed by atoms with Crippen LogP contribution in [0.25, 0.3) is 21.8 Å². The van der Waals surface area contributed by atoms with E-state index in [-0.39, 0.29) is 24.3 Å². The van der Waals surface area contributed by atoms with Crippen LogP contribution < -0.4 is 10.2 Å². The molecule has 0 saturated carbocycles. The molecule has 33 heavy (non-hydrogen) atoms. The van der Waals surface area contributed by atoms with E-state index in [2.05, 4.69) is 15.3 Å². The number of pyridine rings is 1. The Morgan fingerprint density at radius 1 is 1.06 bits per heavy atom. The number of aromatic amines is 1. The Balaban J connectivity index is 1.51. The van der Waals surface area contributed by atoms with Gasteiger partial charge in [0.25, 0.3) is 5.91 Å². The molecule has 2 aliphatic rings. The van der Waals surface area contributed by atoms with Crippen molar-refractivity contribution >= 4 is 45.2 Å². The number of carbonyl (C=O) groups excluding carboxylic acids is 3. The van der Waals surface area contributed by atoms with Gasteiger partial charge < -0.3 is 9.72 Å². The van der Waals surface area contributed by atoms with Crippen molar-refractivity contribution in [2.75, 3.05) is 12.0 Å². The lowest BCUT2D eigenvalue weighted by atomic mass is 9.93. The summed E-state index contributed by atoms with van der Waals surface area (Å²) < 4.78 is 5.95. The van der Waals surface area contributed by atoms with Gasteiger partial charge in [0, 0.05) is 47.8 Å². The van der Waals surface area contributed by atoms with Gasteiger partial charge in [-0.25, -0.2) is 4.98 Å². The second-order valence-electron chi connectivity index (χ2n) is 8.30. The molecule has 3 amide bonds. The van der Waals surface area contributed by atoms with Gasteiger partial charge in [0.15, 0.2) is 0 Å². The normalized spacial score (nSPS) is 18.9. The Hall–Kier alpha value is -4.04. The maximum Gasteiger partial charge on any atom is 0.259 e. The minimum absolute atomic E-state index is 0.206. The van der Waals surface area contributed by atoms with Gasteiger partial charge in [0.05, 0.1) is 5.69 Å². The van der Waals surface area contributed by atoms with Gasteiger partial charge in [-0.05, 0) is 41.6 Å². The number of hydrogen-bond acceptors (Lipinski definition) is 5. The molecule has 0 aliphatic carbocycles. The predicted molar refractivity (Wildman–Crippen MR) is 122 cm³/mol. The van der Waals surface area contributed by atoms with Gasteiger partial charge in [-0.3, -0.25) is 24.6 Å². The molecule has 0 radical (unpaired) electrons. The number of H-pyrrole nitrogens is 1. The number of methoxy groups -OCH3 is 1. The van der Waals surface area contributed by atoms with Crippen molar-refractivity contribution in [3.63, 3.8) is 0 Å². The van der Waals surface area contributed by atoms with E-state index in [1.807, 2.05) is 42.6 Å². The molecule has 1 fully saturated rings. The molecular weight excluding hydrogens is 420 g/mol. The quantitative estimate of drug-likeness (QED) is 0.474. The fourth-order valence-corrected chi connectivity index (χ4v) is 5.11. The average molecular weight is 440 g/mol. The fraction of sp³-hybridized carbons (Fsp3) is 0.200. The van der Waals surface area contributed by atoms with E-state index in [4.69, 9.17) is 4.74 Å². The van der Waals surface area contributed by atoms with Crippen molar-refractivity contribution in [2.45, 2.75) is 25.0 Å². The van der Waals surface area contributed by atoms with Crippen LogP contribution in [0.15, 0.2) is 54.9 Å². The molecule has 4 heterocycles. The summed E-state index contributed by atoms with van der Waals surface area (Å²) in [5.74, 6) is -0.977. The molecule has 4 aromatic rings. The van der Waals surface area contributed by atoms with Crippen molar-refractivity contribution in [1.29, 1.82) is 0 Å². The largest absolute Gasteiger partial charge is 0.372 e. The third-order valence-corrected chi connectivity index (χ3v) is 6.57. The van der Waals surface area contributed by atoms with Crippen LogP contribution in [0, 0.1) is 0 Å². The van der Waals surface area contributed by atoms with Crippen LogP contribution in [0.5, 0.6) is 0 Å². The topological polar surface area (TPSA) is 104 Å². The molecule has 8 heteroatoms. The van der Waals surface area contributed by atoms with E-state index < -0.39 is 11.9 Å². The number of carbonyl (C=O) groups is 3. The highest BCUT2D eigenvalue weighted by Crippen LogP contribution is 2.44. The van der Waals surface area contributed by atoms with E-state index in [0.717, 1.165) is 32.9 Å². The first kappa shape index (κ1) is 19.6. The number of imide groups is 1. The summed E-state index contributed by atoms with van der Waals surface area (Å²) >= 11 is 0. The monoisotopic (exact) mass is 440 g/mol. The minimum atomic E-state index is -0.713. The second kappa shape index (κ2) is 7.25. The number of ether oxygens (including phenoxy) is 1. The van der Waals surface area contributed by atoms with Crippen LogP contribution in [0.3, 0.4) is 0 Å². The van der Waals surface area contributed by atoms with Crippen LogP contribution in [0.1, 0.15) is 40.4 Å². The number of nitrogens with one attached hydrogen (secondary N) is 2. The zero-order valence-electron chi connectivity index (χ0n) is 17.8. The molecule has 2 atom stereocenters. The van der Waals surface area contributed by atoms with E-state index in [0.29, 0.717) is 17.7 Å². The molecule has 2 aromatic heterocycles. The van der Waals surface area contributed by atoms with Crippen molar-refractivity contribution in [1.82, 2.24) is 15.3 Å². The Kier molecular flexibility index (Phi) is 4.31.